The average molecular weight is 477 g/mol. The maximum Gasteiger partial charge on any atom is 0.494 e. The highest BCUT2D eigenvalue weighted by Gasteiger charge is 2.52. The monoisotopic (exact) mass is 477 g/mol. The lowest BCUT2D eigenvalue weighted by atomic mass is 9.75. The molecule has 1 heterocycles. The first-order valence-corrected chi connectivity index (χ1v) is 12.0. The number of halogens is 3. The predicted molar refractivity (Wildman–Crippen MR) is 121 cm³/mol. The molecule has 0 bridgehead atoms. The van der Waals surface area contributed by atoms with Crippen LogP contribution >= 0.6 is 0 Å². The quantitative estimate of drug-likeness (QED) is 0.594. The van der Waals surface area contributed by atoms with Gasteiger partial charge in [0.15, 0.2) is 0 Å². The molecule has 1 aromatic rings. The van der Waals surface area contributed by atoms with Gasteiger partial charge in [-0.2, -0.15) is 17.5 Å². The van der Waals surface area contributed by atoms with Gasteiger partial charge in [0.2, 0.25) is 10.0 Å². The van der Waals surface area contributed by atoms with Crippen LogP contribution in [0.1, 0.15) is 74.8 Å². The van der Waals surface area contributed by atoms with E-state index in [4.69, 9.17) is 9.31 Å². The van der Waals surface area contributed by atoms with E-state index in [1.807, 2.05) is 48.5 Å². The molecule has 2 rings (SSSR count). The Morgan fingerprint density at radius 2 is 1.41 bits per heavy atom. The van der Waals surface area contributed by atoms with Crippen LogP contribution in [-0.2, 0) is 24.7 Å². The average Bonchev–Trinajstić information content (AvgIpc) is 2.77. The van der Waals surface area contributed by atoms with Gasteiger partial charge in [0.25, 0.3) is 0 Å². The van der Waals surface area contributed by atoms with Crippen LogP contribution in [-0.4, -0.2) is 49.3 Å². The maximum atomic E-state index is 13.5. The molecule has 0 saturated carbocycles. The summed E-state index contributed by atoms with van der Waals surface area (Å²) in [4.78, 5) is -0.149. The topological polar surface area (TPSA) is 55.8 Å². The molecule has 1 aliphatic rings. The van der Waals surface area contributed by atoms with E-state index in [2.05, 4.69) is 0 Å². The molecule has 32 heavy (non-hydrogen) atoms. The molecule has 0 amide bonds. The summed E-state index contributed by atoms with van der Waals surface area (Å²) >= 11 is 0. The molecule has 0 N–H and O–H groups in total. The van der Waals surface area contributed by atoms with Crippen LogP contribution in [0.25, 0.3) is 0 Å². The summed E-state index contributed by atoms with van der Waals surface area (Å²) in [6.45, 7) is 15.9. The third-order valence-electron chi connectivity index (χ3n) is 5.98. The molecule has 10 heteroatoms. The van der Waals surface area contributed by atoms with E-state index in [1.165, 1.54) is 26.8 Å². The highest BCUT2D eigenvalue weighted by atomic mass is 32.2. The fourth-order valence-corrected chi connectivity index (χ4v) is 5.61. The van der Waals surface area contributed by atoms with Gasteiger partial charge < -0.3 is 9.31 Å². The van der Waals surface area contributed by atoms with Crippen molar-refractivity contribution in [2.45, 2.75) is 102 Å². The molecular formula is C22H35BF3NO4S. The summed E-state index contributed by atoms with van der Waals surface area (Å²) in [6, 6.07) is 4.59. The summed E-state index contributed by atoms with van der Waals surface area (Å²) in [5.41, 5.74) is -2.08. The van der Waals surface area contributed by atoms with E-state index in [1.54, 1.807) is 12.1 Å². The Morgan fingerprint density at radius 3 is 1.78 bits per heavy atom. The van der Waals surface area contributed by atoms with Gasteiger partial charge in [-0.05, 0) is 71.0 Å². The molecule has 1 aliphatic heterocycles. The first kappa shape index (κ1) is 27.2. The van der Waals surface area contributed by atoms with Crippen molar-refractivity contribution in [3.63, 3.8) is 0 Å². The number of hydrogen-bond acceptors (Lipinski definition) is 4. The Labute approximate surface area is 190 Å². The highest BCUT2D eigenvalue weighted by Crippen LogP contribution is 2.38. The Balaban J connectivity index is 2.64. The molecule has 5 nitrogen and oxygen atoms in total. The molecule has 1 fully saturated rings. The molecule has 1 saturated heterocycles. The standard InChI is InChI=1S/C22H35BF3NO4S/c1-18(2,3)16-13-15(23-30-20(7,8)21(9,10)31-23)11-12-17(16)32(28,29)27(19(4,5)6)14-22(24,25)26/h11-13H,14H2,1-10H3. The van der Waals surface area contributed by atoms with Crippen LogP contribution in [0.2, 0.25) is 0 Å². The van der Waals surface area contributed by atoms with Crippen molar-refractivity contribution in [3.05, 3.63) is 23.8 Å². The van der Waals surface area contributed by atoms with Gasteiger partial charge in [-0.1, -0.05) is 32.9 Å². The van der Waals surface area contributed by atoms with E-state index in [-0.39, 0.29) is 4.90 Å². The Hall–Kier alpha value is -1.10. The first-order valence-electron chi connectivity index (χ1n) is 10.6. The Bertz CT molecular complexity index is 945. The second-order valence-corrected chi connectivity index (χ2v) is 13.2. The van der Waals surface area contributed by atoms with Crippen LogP contribution in [0.5, 0.6) is 0 Å². The van der Waals surface area contributed by atoms with Crippen molar-refractivity contribution in [3.8, 4) is 0 Å². The third-order valence-corrected chi connectivity index (χ3v) is 8.15. The van der Waals surface area contributed by atoms with Crippen molar-refractivity contribution < 1.29 is 30.9 Å². The summed E-state index contributed by atoms with van der Waals surface area (Å²) in [5, 5.41) is 0. The smallest absolute Gasteiger partial charge is 0.399 e. The van der Waals surface area contributed by atoms with Crippen LogP contribution in [0.15, 0.2) is 23.1 Å². The fraction of sp³-hybridized carbons (Fsp3) is 0.727. The highest BCUT2D eigenvalue weighted by molar-refractivity contribution is 7.89. The van der Waals surface area contributed by atoms with Crippen LogP contribution in [0, 0.1) is 0 Å². The van der Waals surface area contributed by atoms with Gasteiger partial charge in [-0.15, -0.1) is 0 Å². The first-order chi connectivity index (χ1) is 14.0. The largest absolute Gasteiger partial charge is 0.494 e. The number of alkyl halides is 3. The van der Waals surface area contributed by atoms with Gasteiger partial charge in [-0.3, -0.25) is 0 Å². The van der Waals surface area contributed by atoms with Crippen LogP contribution in [0.3, 0.4) is 0 Å². The minimum absolute atomic E-state index is 0.149. The molecule has 0 radical (unpaired) electrons. The minimum atomic E-state index is -4.68. The van der Waals surface area contributed by atoms with Crippen molar-refractivity contribution >= 4 is 22.6 Å². The van der Waals surface area contributed by atoms with Gasteiger partial charge in [0.1, 0.15) is 6.54 Å². The lowest BCUT2D eigenvalue weighted by Gasteiger charge is -2.36. The summed E-state index contributed by atoms with van der Waals surface area (Å²) in [6.07, 6.45) is -4.68. The number of sulfonamides is 1. The van der Waals surface area contributed by atoms with Gasteiger partial charge >= 0.3 is 13.3 Å². The van der Waals surface area contributed by atoms with Gasteiger partial charge in [0, 0.05) is 5.54 Å². The van der Waals surface area contributed by atoms with E-state index in [9.17, 15) is 21.6 Å². The summed E-state index contributed by atoms with van der Waals surface area (Å²) < 4.78 is 79.6. The van der Waals surface area contributed by atoms with Crippen molar-refractivity contribution in [1.29, 1.82) is 0 Å². The lowest BCUT2D eigenvalue weighted by molar-refractivity contribution is -0.142. The van der Waals surface area contributed by atoms with Crippen molar-refractivity contribution in [2.75, 3.05) is 6.54 Å². The normalized spacial score (nSPS) is 19.6. The van der Waals surface area contributed by atoms with Gasteiger partial charge in [-0.25, -0.2) is 8.42 Å². The predicted octanol–water partition coefficient (Wildman–Crippen LogP) is 4.63. The second-order valence-electron chi connectivity index (χ2n) is 11.4. The van der Waals surface area contributed by atoms with Crippen molar-refractivity contribution in [1.82, 2.24) is 4.31 Å². The van der Waals surface area contributed by atoms with Crippen LogP contribution in [0.4, 0.5) is 13.2 Å². The third kappa shape index (κ3) is 5.51. The van der Waals surface area contributed by atoms with Crippen molar-refractivity contribution in [2.24, 2.45) is 0 Å². The maximum absolute atomic E-state index is 13.5. The number of benzene rings is 1. The van der Waals surface area contributed by atoms with E-state index in [0.717, 1.165) is 0 Å². The summed E-state index contributed by atoms with van der Waals surface area (Å²) in [7, 11) is -5.18. The van der Waals surface area contributed by atoms with E-state index >= 15 is 0 Å². The number of hydrogen-bond donors (Lipinski definition) is 0. The Morgan fingerprint density at radius 1 is 0.938 bits per heavy atom. The molecule has 0 aromatic heterocycles. The molecular weight excluding hydrogens is 442 g/mol. The minimum Gasteiger partial charge on any atom is -0.399 e. The van der Waals surface area contributed by atoms with Crippen LogP contribution < -0.4 is 5.46 Å². The summed E-state index contributed by atoms with van der Waals surface area (Å²) in [5.74, 6) is 0. The van der Waals surface area contributed by atoms with E-state index in [0.29, 0.717) is 15.3 Å². The second kappa shape index (κ2) is 7.99. The number of rotatable bonds is 4. The molecule has 0 atom stereocenters. The van der Waals surface area contributed by atoms with E-state index < -0.39 is 52.0 Å². The SMILES string of the molecule is CC(C)(C)c1cc(B2OC(C)(C)C(C)(C)O2)ccc1S(=O)(=O)N(CC(F)(F)F)C(C)(C)C. The fourth-order valence-electron chi connectivity index (χ4n) is 3.45. The van der Waals surface area contributed by atoms with Gasteiger partial charge in [0.05, 0.1) is 16.1 Å². The zero-order valence-electron chi connectivity index (χ0n) is 20.6. The Kier molecular flexibility index (Phi) is 6.78. The zero-order chi connectivity index (χ0) is 25.1. The molecule has 0 aliphatic carbocycles. The lowest BCUT2D eigenvalue weighted by Crippen LogP contribution is -2.50. The zero-order valence-corrected chi connectivity index (χ0v) is 21.5. The molecule has 182 valence electrons. The molecule has 0 unspecified atom stereocenters. The molecule has 1 aromatic carbocycles. The molecule has 0 spiro atoms. The number of nitrogens with zero attached hydrogens (tertiary/aromatic N) is 1.